The predicted octanol–water partition coefficient (Wildman–Crippen LogP) is 6.31. The van der Waals surface area contributed by atoms with Crippen LogP contribution < -0.4 is 4.74 Å². The van der Waals surface area contributed by atoms with Gasteiger partial charge in [-0.2, -0.15) is 5.26 Å². The Morgan fingerprint density at radius 3 is 2.45 bits per heavy atom. The Bertz CT molecular complexity index is 1390. The predicted molar refractivity (Wildman–Crippen MR) is 130 cm³/mol. The number of rotatable bonds is 7. The van der Waals surface area contributed by atoms with E-state index < -0.39 is 4.92 Å². The van der Waals surface area contributed by atoms with Crippen LogP contribution >= 0.6 is 0 Å². The Kier molecular flexibility index (Phi) is 6.23. The maximum absolute atomic E-state index is 10.9. The van der Waals surface area contributed by atoms with Crippen molar-refractivity contribution >= 4 is 28.2 Å². The summed E-state index contributed by atoms with van der Waals surface area (Å²) in [6, 6.07) is 24.3. The van der Waals surface area contributed by atoms with Crippen molar-refractivity contribution in [1.82, 2.24) is 4.57 Å². The number of aryl methyl sites for hydroxylation is 1. The summed E-state index contributed by atoms with van der Waals surface area (Å²) in [5.74, 6) is 0.872. The van der Waals surface area contributed by atoms with Gasteiger partial charge in [-0.25, -0.2) is 0 Å². The molecule has 3 aromatic carbocycles. The maximum Gasteiger partial charge on any atom is 0.269 e. The third-order valence-corrected chi connectivity index (χ3v) is 5.74. The number of nitrogens with zero attached hydrogens (tertiary/aromatic N) is 3. The second-order valence-electron chi connectivity index (χ2n) is 7.76. The van der Waals surface area contributed by atoms with Crippen LogP contribution in [0.25, 0.3) is 22.6 Å². The van der Waals surface area contributed by atoms with Crippen molar-refractivity contribution in [3.63, 3.8) is 0 Å². The lowest BCUT2D eigenvalue weighted by molar-refractivity contribution is -0.384. The molecule has 0 aliphatic heterocycles. The fourth-order valence-electron chi connectivity index (χ4n) is 3.98. The number of allylic oxidation sites excluding steroid dienone is 1. The Balaban J connectivity index is 1.68. The quantitative estimate of drug-likeness (QED) is 0.193. The monoisotopic (exact) mass is 437 g/mol. The summed E-state index contributed by atoms with van der Waals surface area (Å²) in [6.45, 7) is 5.23. The molecule has 0 bridgehead atoms. The lowest BCUT2D eigenvalue weighted by atomic mass is 10.0. The van der Waals surface area contributed by atoms with Gasteiger partial charge < -0.3 is 9.30 Å². The number of non-ortho nitro benzene ring substituents is 1. The van der Waals surface area contributed by atoms with Crippen LogP contribution in [0.3, 0.4) is 0 Å². The second-order valence-corrected chi connectivity index (χ2v) is 7.76. The fourth-order valence-corrected chi connectivity index (χ4v) is 3.98. The average molecular weight is 437 g/mol. The maximum atomic E-state index is 10.9. The summed E-state index contributed by atoms with van der Waals surface area (Å²) < 4.78 is 8.21. The third-order valence-electron chi connectivity index (χ3n) is 5.74. The van der Waals surface area contributed by atoms with Gasteiger partial charge in [0.15, 0.2) is 0 Å². The van der Waals surface area contributed by atoms with Gasteiger partial charge in [0.2, 0.25) is 0 Å². The van der Waals surface area contributed by atoms with Gasteiger partial charge in [0.1, 0.15) is 12.4 Å². The van der Waals surface area contributed by atoms with Crippen molar-refractivity contribution in [2.75, 3.05) is 6.61 Å². The van der Waals surface area contributed by atoms with Crippen molar-refractivity contribution < 1.29 is 9.66 Å². The van der Waals surface area contributed by atoms with Crippen LogP contribution in [0.5, 0.6) is 5.75 Å². The highest BCUT2D eigenvalue weighted by Gasteiger charge is 2.14. The standard InChI is InChI=1S/C27H23N3O3/c1-19-7-3-6-10-27(19)33-16-15-29-20(2)25(24-8-4-5-9-26(24)29)17-22(18-28)21-11-13-23(14-12-21)30(31)32/h3-14,17H,15-16H2,1-2H3/b22-17+. The number of hydrogen-bond donors (Lipinski definition) is 0. The largest absolute Gasteiger partial charge is 0.491 e. The molecular formula is C27H23N3O3. The summed E-state index contributed by atoms with van der Waals surface area (Å²) in [5.41, 5.74) is 5.23. The van der Waals surface area contributed by atoms with Gasteiger partial charge in [-0.1, -0.05) is 36.4 Å². The number of para-hydroxylation sites is 2. The van der Waals surface area contributed by atoms with Crippen LogP contribution in [-0.2, 0) is 6.54 Å². The van der Waals surface area contributed by atoms with E-state index >= 15 is 0 Å². The van der Waals surface area contributed by atoms with E-state index in [9.17, 15) is 15.4 Å². The van der Waals surface area contributed by atoms with E-state index in [1.807, 2.05) is 62.4 Å². The minimum absolute atomic E-state index is 0.00234. The number of nitro groups is 1. The number of hydrogen-bond acceptors (Lipinski definition) is 4. The van der Waals surface area contributed by atoms with E-state index in [0.717, 1.165) is 33.5 Å². The molecule has 4 aromatic rings. The Hall–Kier alpha value is -4.37. The molecule has 6 heteroatoms. The molecule has 0 unspecified atom stereocenters. The number of nitriles is 1. The van der Waals surface area contributed by atoms with Gasteiger partial charge in [0, 0.05) is 34.3 Å². The van der Waals surface area contributed by atoms with Gasteiger partial charge >= 0.3 is 0 Å². The van der Waals surface area contributed by atoms with Crippen molar-refractivity contribution in [3.8, 4) is 11.8 Å². The summed E-state index contributed by atoms with van der Waals surface area (Å²) in [7, 11) is 0. The van der Waals surface area contributed by atoms with Crippen LogP contribution in [0.15, 0.2) is 72.8 Å². The highest BCUT2D eigenvalue weighted by molar-refractivity contribution is 5.99. The van der Waals surface area contributed by atoms with E-state index in [1.54, 1.807) is 12.1 Å². The molecule has 0 saturated heterocycles. The van der Waals surface area contributed by atoms with Gasteiger partial charge in [0.05, 0.1) is 23.1 Å². The Labute approximate surface area is 192 Å². The van der Waals surface area contributed by atoms with Crippen LogP contribution in [0.4, 0.5) is 5.69 Å². The first-order valence-corrected chi connectivity index (χ1v) is 10.6. The first kappa shape index (κ1) is 21.8. The number of nitro benzene ring substituents is 1. The molecule has 0 aliphatic rings. The van der Waals surface area contributed by atoms with Gasteiger partial charge in [-0.05, 0) is 55.3 Å². The molecule has 33 heavy (non-hydrogen) atoms. The molecule has 0 fully saturated rings. The topological polar surface area (TPSA) is 81.1 Å². The molecule has 0 N–H and O–H groups in total. The highest BCUT2D eigenvalue weighted by atomic mass is 16.6. The molecule has 0 radical (unpaired) electrons. The summed E-state index contributed by atoms with van der Waals surface area (Å²) in [6.07, 6.45) is 1.86. The Morgan fingerprint density at radius 2 is 1.76 bits per heavy atom. The zero-order valence-corrected chi connectivity index (χ0v) is 18.5. The summed E-state index contributed by atoms with van der Waals surface area (Å²) >= 11 is 0. The van der Waals surface area contributed by atoms with Crippen LogP contribution in [0.2, 0.25) is 0 Å². The lowest BCUT2D eigenvalue weighted by Gasteiger charge is -2.12. The second kappa shape index (κ2) is 9.41. The molecule has 164 valence electrons. The number of benzene rings is 3. The Morgan fingerprint density at radius 1 is 1.06 bits per heavy atom. The molecule has 4 rings (SSSR count). The average Bonchev–Trinajstić information content (AvgIpc) is 3.09. The zero-order chi connectivity index (χ0) is 23.4. The lowest BCUT2D eigenvalue weighted by Crippen LogP contribution is -2.10. The normalized spacial score (nSPS) is 11.4. The van der Waals surface area contributed by atoms with E-state index in [0.29, 0.717) is 24.3 Å². The SMILES string of the molecule is Cc1ccccc1OCCn1c(C)c(/C=C(\C#N)c2ccc([N+](=O)[O-])cc2)c2ccccc21. The van der Waals surface area contributed by atoms with Gasteiger partial charge in [0.25, 0.3) is 5.69 Å². The molecule has 0 aliphatic carbocycles. The minimum Gasteiger partial charge on any atom is -0.491 e. The van der Waals surface area contributed by atoms with E-state index in [1.165, 1.54) is 12.1 Å². The van der Waals surface area contributed by atoms with Crippen molar-refractivity contribution in [3.05, 3.63) is 105 Å². The number of fused-ring (bicyclic) bond motifs is 1. The third kappa shape index (κ3) is 4.48. The van der Waals surface area contributed by atoms with Crippen LogP contribution in [0, 0.1) is 35.3 Å². The molecule has 0 spiro atoms. The summed E-state index contributed by atoms with van der Waals surface area (Å²) in [4.78, 5) is 10.5. The molecular weight excluding hydrogens is 414 g/mol. The van der Waals surface area contributed by atoms with Crippen molar-refractivity contribution in [2.24, 2.45) is 0 Å². The number of ether oxygens (including phenoxy) is 1. The highest BCUT2D eigenvalue weighted by Crippen LogP contribution is 2.30. The molecule has 6 nitrogen and oxygen atoms in total. The first-order chi connectivity index (χ1) is 16.0. The van der Waals surface area contributed by atoms with E-state index in [4.69, 9.17) is 4.74 Å². The molecule has 0 amide bonds. The van der Waals surface area contributed by atoms with Crippen LogP contribution in [0.1, 0.15) is 22.4 Å². The van der Waals surface area contributed by atoms with Gasteiger partial charge in [-0.15, -0.1) is 0 Å². The fraction of sp³-hybridized carbons (Fsp3) is 0.148. The van der Waals surface area contributed by atoms with E-state index in [2.05, 4.69) is 16.7 Å². The number of aromatic nitrogens is 1. The molecule has 1 aromatic heterocycles. The van der Waals surface area contributed by atoms with Crippen LogP contribution in [-0.4, -0.2) is 16.1 Å². The van der Waals surface area contributed by atoms with Crippen molar-refractivity contribution in [1.29, 1.82) is 5.26 Å². The minimum atomic E-state index is -0.448. The van der Waals surface area contributed by atoms with Gasteiger partial charge in [-0.3, -0.25) is 10.1 Å². The molecule has 0 atom stereocenters. The zero-order valence-electron chi connectivity index (χ0n) is 18.5. The molecule has 1 heterocycles. The van der Waals surface area contributed by atoms with E-state index in [-0.39, 0.29) is 5.69 Å². The molecule has 0 saturated carbocycles. The van der Waals surface area contributed by atoms with Crippen molar-refractivity contribution in [2.45, 2.75) is 20.4 Å². The summed E-state index contributed by atoms with van der Waals surface area (Å²) in [5, 5.41) is 21.8. The first-order valence-electron chi connectivity index (χ1n) is 10.6. The smallest absolute Gasteiger partial charge is 0.269 e.